The van der Waals surface area contributed by atoms with Gasteiger partial charge in [-0.05, 0) is 48.9 Å². The zero-order valence-electron chi connectivity index (χ0n) is 19.5. The molecule has 3 aromatic carbocycles. The third kappa shape index (κ3) is 4.74. The van der Waals surface area contributed by atoms with Gasteiger partial charge in [-0.2, -0.15) is 0 Å². The van der Waals surface area contributed by atoms with Crippen molar-refractivity contribution in [2.75, 3.05) is 11.9 Å². The molecule has 180 valence electrons. The molecule has 36 heavy (non-hydrogen) atoms. The molecule has 1 aromatic heterocycles. The smallest absolute Gasteiger partial charge is 0.329 e. The minimum atomic E-state index is -0.652. The van der Waals surface area contributed by atoms with E-state index in [0.29, 0.717) is 12.2 Å². The van der Waals surface area contributed by atoms with Crippen LogP contribution in [-0.4, -0.2) is 33.9 Å². The number of anilines is 1. The van der Waals surface area contributed by atoms with Crippen molar-refractivity contribution in [1.82, 2.24) is 14.8 Å². The third-order valence-corrected chi connectivity index (χ3v) is 5.98. The van der Waals surface area contributed by atoms with Crippen molar-refractivity contribution in [2.24, 2.45) is 0 Å². The van der Waals surface area contributed by atoms with Crippen LogP contribution in [0.1, 0.15) is 16.7 Å². The fraction of sp³-hybridized carbons (Fsp3) is 0.107. The Balaban J connectivity index is 1.36. The van der Waals surface area contributed by atoms with E-state index in [2.05, 4.69) is 10.6 Å². The monoisotopic (exact) mass is 482 g/mol. The van der Waals surface area contributed by atoms with Gasteiger partial charge in [-0.15, -0.1) is 0 Å². The zero-order chi connectivity index (χ0) is 25.2. The number of nitrogens with zero attached hydrogens (tertiary/aromatic N) is 2. The average Bonchev–Trinajstić information content (AvgIpc) is 3.34. The van der Waals surface area contributed by atoms with Crippen molar-refractivity contribution in [1.29, 1.82) is 0 Å². The van der Waals surface area contributed by atoms with Crippen LogP contribution in [0.4, 0.5) is 14.9 Å². The van der Waals surface area contributed by atoms with E-state index in [1.54, 1.807) is 30.3 Å². The van der Waals surface area contributed by atoms with Gasteiger partial charge < -0.3 is 15.2 Å². The maximum Gasteiger partial charge on any atom is 0.329 e. The van der Waals surface area contributed by atoms with E-state index in [1.165, 1.54) is 12.1 Å². The number of aryl methyl sites for hydroxylation is 1. The summed E-state index contributed by atoms with van der Waals surface area (Å²) in [5.41, 5.74) is 4.32. The number of carbonyl (C=O) groups is 3. The molecule has 0 unspecified atom stereocenters. The Hall–Kier alpha value is -4.72. The highest BCUT2D eigenvalue weighted by atomic mass is 19.1. The van der Waals surface area contributed by atoms with Crippen molar-refractivity contribution in [3.63, 3.8) is 0 Å². The van der Waals surface area contributed by atoms with Crippen LogP contribution < -0.4 is 10.6 Å². The molecule has 0 bridgehead atoms. The Morgan fingerprint density at radius 1 is 1.00 bits per heavy atom. The number of aromatic nitrogens is 1. The molecule has 2 N–H and O–H groups in total. The number of para-hydroxylation sites is 1. The van der Waals surface area contributed by atoms with Crippen molar-refractivity contribution in [3.05, 3.63) is 107 Å². The van der Waals surface area contributed by atoms with Gasteiger partial charge >= 0.3 is 6.03 Å². The van der Waals surface area contributed by atoms with Gasteiger partial charge in [0.05, 0.1) is 0 Å². The number of hydrogen-bond acceptors (Lipinski definition) is 3. The van der Waals surface area contributed by atoms with Gasteiger partial charge in [0.1, 0.15) is 18.1 Å². The first-order valence-electron chi connectivity index (χ1n) is 11.4. The summed E-state index contributed by atoms with van der Waals surface area (Å²) in [6.45, 7) is 2.05. The Morgan fingerprint density at radius 3 is 2.47 bits per heavy atom. The molecule has 0 radical (unpaired) electrons. The van der Waals surface area contributed by atoms with Crippen molar-refractivity contribution < 1.29 is 18.8 Å². The number of fused-ring (bicyclic) bond motifs is 1. The summed E-state index contributed by atoms with van der Waals surface area (Å²) in [5.74, 6) is -1.34. The summed E-state index contributed by atoms with van der Waals surface area (Å²) < 4.78 is 15.3. The van der Waals surface area contributed by atoms with Crippen LogP contribution in [0.5, 0.6) is 0 Å². The number of urea groups is 1. The summed E-state index contributed by atoms with van der Waals surface area (Å²) in [7, 11) is 0. The SMILES string of the molecule is Cc1ccc(NC(=O)CN2C(=O)NC(=Cc3cn(Cc4ccc(F)cc4)c4ccccc34)C2=O)cc1. The Labute approximate surface area is 206 Å². The lowest BCUT2D eigenvalue weighted by molar-refractivity contribution is -0.127. The number of rotatable bonds is 6. The molecule has 0 saturated carbocycles. The lowest BCUT2D eigenvalue weighted by atomic mass is 10.1. The molecule has 1 fully saturated rings. The zero-order valence-corrected chi connectivity index (χ0v) is 19.5. The summed E-state index contributed by atoms with van der Waals surface area (Å²) in [5, 5.41) is 6.17. The van der Waals surface area contributed by atoms with Crippen LogP contribution in [0, 0.1) is 12.7 Å². The highest BCUT2D eigenvalue weighted by Crippen LogP contribution is 2.25. The molecule has 0 atom stereocenters. The second kappa shape index (κ2) is 9.50. The van der Waals surface area contributed by atoms with Crippen molar-refractivity contribution in [2.45, 2.75) is 13.5 Å². The molecule has 4 aromatic rings. The first-order chi connectivity index (χ1) is 17.4. The molecular formula is C28H23FN4O3. The quantitative estimate of drug-likeness (QED) is 0.310. The van der Waals surface area contributed by atoms with Crippen molar-refractivity contribution >= 4 is 40.5 Å². The van der Waals surface area contributed by atoms with E-state index in [9.17, 15) is 18.8 Å². The maximum atomic E-state index is 13.3. The molecule has 0 aliphatic carbocycles. The molecule has 1 aliphatic rings. The fourth-order valence-electron chi connectivity index (χ4n) is 4.16. The highest BCUT2D eigenvalue weighted by molar-refractivity contribution is 6.16. The van der Waals surface area contributed by atoms with Gasteiger partial charge in [-0.3, -0.25) is 9.59 Å². The second-order valence-electron chi connectivity index (χ2n) is 8.65. The number of imide groups is 1. The van der Waals surface area contributed by atoms with E-state index in [-0.39, 0.29) is 11.5 Å². The van der Waals surface area contributed by atoms with E-state index in [0.717, 1.165) is 32.5 Å². The number of nitrogens with one attached hydrogen (secondary N) is 2. The standard InChI is InChI=1S/C28H23FN4O3/c1-18-6-12-22(13-7-18)30-26(34)17-33-27(35)24(31-28(33)36)14-20-16-32(25-5-3-2-4-23(20)25)15-19-8-10-21(29)11-9-19/h2-14,16H,15,17H2,1H3,(H,30,34)(H,31,36). The highest BCUT2D eigenvalue weighted by Gasteiger charge is 2.35. The number of benzene rings is 3. The minimum absolute atomic E-state index is 0.0906. The Kier molecular flexibility index (Phi) is 6.08. The molecule has 4 amide bonds. The first-order valence-corrected chi connectivity index (χ1v) is 11.4. The molecule has 2 heterocycles. The van der Waals surface area contributed by atoms with E-state index in [1.807, 2.05) is 54.1 Å². The number of halogens is 1. The van der Waals surface area contributed by atoms with Gasteiger partial charge in [0, 0.05) is 34.9 Å². The van der Waals surface area contributed by atoms with Crippen LogP contribution in [0.2, 0.25) is 0 Å². The molecule has 5 rings (SSSR count). The number of hydrogen-bond donors (Lipinski definition) is 2. The van der Waals surface area contributed by atoms with E-state index < -0.39 is 24.4 Å². The van der Waals surface area contributed by atoms with Crippen LogP contribution in [0.15, 0.2) is 84.7 Å². The second-order valence-corrected chi connectivity index (χ2v) is 8.65. The van der Waals surface area contributed by atoms with E-state index in [4.69, 9.17) is 0 Å². The van der Waals surface area contributed by atoms with Gasteiger partial charge in [0.15, 0.2) is 0 Å². The topological polar surface area (TPSA) is 83.4 Å². The first kappa shape index (κ1) is 23.0. The average molecular weight is 483 g/mol. The lowest BCUT2D eigenvalue weighted by Crippen LogP contribution is -2.38. The summed E-state index contributed by atoms with van der Waals surface area (Å²) in [6, 6.07) is 20.5. The number of carbonyl (C=O) groups excluding carboxylic acids is 3. The lowest BCUT2D eigenvalue weighted by Gasteiger charge is -2.12. The number of amides is 4. The van der Waals surface area contributed by atoms with Gasteiger partial charge in [-0.1, -0.05) is 48.0 Å². The van der Waals surface area contributed by atoms with Gasteiger partial charge in [0.25, 0.3) is 5.91 Å². The molecule has 8 heteroatoms. The van der Waals surface area contributed by atoms with Crippen molar-refractivity contribution in [3.8, 4) is 0 Å². The van der Waals surface area contributed by atoms with Gasteiger partial charge in [-0.25, -0.2) is 14.1 Å². The van der Waals surface area contributed by atoms with E-state index >= 15 is 0 Å². The maximum absolute atomic E-state index is 13.3. The summed E-state index contributed by atoms with van der Waals surface area (Å²) in [4.78, 5) is 38.8. The van der Waals surface area contributed by atoms with Gasteiger partial charge in [0.2, 0.25) is 5.91 Å². The Bertz CT molecular complexity index is 1500. The molecule has 1 saturated heterocycles. The van der Waals surface area contributed by atoms with Crippen LogP contribution in [-0.2, 0) is 16.1 Å². The molecule has 7 nitrogen and oxygen atoms in total. The normalized spacial score (nSPS) is 14.5. The molecular weight excluding hydrogens is 459 g/mol. The summed E-state index contributed by atoms with van der Waals surface area (Å²) in [6.07, 6.45) is 3.49. The predicted octanol–water partition coefficient (Wildman–Crippen LogP) is 4.67. The van der Waals surface area contributed by atoms with Crippen LogP contribution >= 0.6 is 0 Å². The minimum Gasteiger partial charge on any atom is -0.342 e. The summed E-state index contributed by atoms with van der Waals surface area (Å²) >= 11 is 0. The molecule has 0 spiro atoms. The van der Waals surface area contributed by atoms with Crippen LogP contribution in [0.3, 0.4) is 0 Å². The third-order valence-electron chi connectivity index (χ3n) is 5.98. The largest absolute Gasteiger partial charge is 0.342 e. The Morgan fingerprint density at radius 2 is 1.72 bits per heavy atom. The fourth-order valence-corrected chi connectivity index (χ4v) is 4.16. The molecule has 1 aliphatic heterocycles. The van der Waals surface area contributed by atoms with Crippen LogP contribution in [0.25, 0.3) is 17.0 Å². The predicted molar refractivity (Wildman–Crippen MR) is 135 cm³/mol.